The lowest BCUT2D eigenvalue weighted by atomic mass is 9.85. The maximum Gasteiger partial charge on any atom is 0.233 e. The number of aliphatic imine (C=N–C) groups is 1. The van der Waals surface area contributed by atoms with Crippen LogP contribution in [0.2, 0.25) is 0 Å². The van der Waals surface area contributed by atoms with E-state index in [1.807, 2.05) is 6.92 Å². The number of fused-ring (bicyclic) bond motifs is 5. The Labute approximate surface area is 181 Å². The fourth-order valence-corrected chi connectivity index (χ4v) is 4.98. The third-order valence-electron chi connectivity index (χ3n) is 6.48. The molecule has 5 atom stereocenters. The standard InChI is InChI=1S/C23H29FN4O3/c1-3-25-23(27-13-18(31-2)14-6-8-17(24)9-7-14)26-10-11-28-21(29)19-15-4-5-16(12-15)20(19)22(28)30/h4-9,15-16,18-20H,3,10-13H2,1-2H3,(H2,25,26,27). The normalized spacial score (nSPS) is 27.7. The molecule has 2 N–H and O–H groups in total. The largest absolute Gasteiger partial charge is 0.375 e. The molecule has 166 valence electrons. The van der Waals surface area contributed by atoms with Gasteiger partial charge in [-0.05, 0) is 42.9 Å². The smallest absolute Gasteiger partial charge is 0.233 e. The molecule has 2 amide bonds. The molecule has 3 aliphatic rings. The molecule has 1 saturated carbocycles. The molecule has 1 saturated heterocycles. The van der Waals surface area contributed by atoms with Crippen molar-refractivity contribution in [2.24, 2.45) is 28.7 Å². The Balaban J connectivity index is 1.33. The molecule has 5 unspecified atom stereocenters. The lowest BCUT2D eigenvalue weighted by Crippen LogP contribution is -2.43. The Morgan fingerprint density at radius 1 is 1.16 bits per heavy atom. The van der Waals surface area contributed by atoms with Crippen molar-refractivity contribution in [1.29, 1.82) is 0 Å². The minimum atomic E-state index is -0.305. The van der Waals surface area contributed by atoms with Gasteiger partial charge in [-0.15, -0.1) is 0 Å². The molecular weight excluding hydrogens is 399 g/mol. The highest BCUT2D eigenvalue weighted by Gasteiger charge is 2.58. The van der Waals surface area contributed by atoms with Crippen LogP contribution in [0.3, 0.4) is 0 Å². The van der Waals surface area contributed by atoms with Crippen molar-refractivity contribution in [3.05, 3.63) is 47.8 Å². The molecule has 1 heterocycles. The molecule has 31 heavy (non-hydrogen) atoms. The van der Waals surface area contributed by atoms with Crippen molar-refractivity contribution in [1.82, 2.24) is 15.5 Å². The summed E-state index contributed by atoms with van der Waals surface area (Å²) in [5.41, 5.74) is 0.839. The number of ether oxygens (including phenoxy) is 1. The second-order valence-corrected chi connectivity index (χ2v) is 8.25. The zero-order valence-corrected chi connectivity index (χ0v) is 17.9. The first-order chi connectivity index (χ1) is 15.0. The number of guanidine groups is 1. The first kappa shape index (κ1) is 21.5. The number of benzene rings is 1. The van der Waals surface area contributed by atoms with E-state index in [0.717, 1.165) is 12.0 Å². The van der Waals surface area contributed by atoms with E-state index in [0.29, 0.717) is 32.1 Å². The quantitative estimate of drug-likeness (QED) is 0.286. The Hall–Kier alpha value is -2.74. The number of carbonyl (C=O) groups is 2. The Morgan fingerprint density at radius 2 is 1.81 bits per heavy atom. The summed E-state index contributed by atoms with van der Waals surface area (Å²) in [5.74, 6) is 0.327. The highest BCUT2D eigenvalue weighted by molar-refractivity contribution is 6.06. The van der Waals surface area contributed by atoms with Crippen molar-refractivity contribution in [3.8, 4) is 0 Å². The van der Waals surface area contributed by atoms with Crippen LogP contribution in [0.5, 0.6) is 0 Å². The van der Waals surface area contributed by atoms with E-state index in [-0.39, 0.29) is 47.4 Å². The van der Waals surface area contributed by atoms with Gasteiger partial charge in [-0.1, -0.05) is 24.3 Å². The molecular formula is C23H29FN4O3. The number of halogens is 1. The van der Waals surface area contributed by atoms with Crippen LogP contribution < -0.4 is 10.6 Å². The van der Waals surface area contributed by atoms with Crippen molar-refractivity contribution in [2.75, 3.05) is 33.3 Å². The zero-order chi connectivity index (χ0) is 22.0. The van der Waals surface area contributed by atoms with E-state index in [1.165, 1.54) is 17.0 Å². The van der Waals surface area contributed by atoms with Gasteiger partial charge in [0.1, 0.15) is 11.9 Å². The van der Waals surface area contributed by atoms with Gasteiger partial charge in [-0.2, -0.15) is 0 Å². The third kappa shape index (κ3) is 4.21. The van der Waals surface area contributed by atoms with Crippen molar-refractivity contribution in [3.63, 3.8) is 0 Å². The predicted octanol–water partition coefficient (Wildman–Crippen LogP) is 1.88. The van der Waals surface area contributed by atoms with E-state index in [2.05, 4.69) is 27.8 Å². The van der Waals surface area contributed by atoms with Gasteiger partial charge in [0.2, 0.25) is 11.8 Å². The molecule has 2 bridgehead atoms. The molecule has 0 spiro atoms. The SMILES string of the molecule is CCNC(=NCC(OC)c1ccc(F)cc1)NCCN1C(=O)C2C3C=CC(C3)C2C1=O. The molecule has 0 aromatic heterocycles. The molecule has 2 fully saturated rings. The number of methoxy groups -OCH3 is 1. The van der Waals surface area contributed by atoms with Crippen LogP contribution in [0, 0.1) is 29.5 Å². The van der Waals surface area contributed by atoms with E-state index < -0.39 is 0 Å². The molecule has 2 aliphatic carbocycles. The summed E-state index contributed by atoms with van der Waals surface area (Å²) in [7, 11) is 1.59. The summed E-state index contributed by atoms with van der Waals surface area (Å²) in [6.07, 6.45) is 4.83. The molecule has 7 nitrogen and oxygen atoms in total. The monoisotopic (exact) mass is 428 g/mol. The number of hydrogen-bond donors (Lipinski definition) is 2. The average Bonchev–Trinajstić information content (AvgIpc) is 3.45. The summed E-state index contributed by atoms with van der Waals surface area (Å²) < 4.78 is 18.7. The van der Waals surface area contributed by atoms with Gasteiger partial charge in [0.25, 0.3) is 0 Å². The molecule has 4 rings (SSSR count). The highest BCUT2D eigenvalue weighted by Crippen LogP contribution is 2.52. The van der Waals surface area contributed by atoms with Gasteiger partial charge >= 0.3 is 0 Å². The first-order valence-electron chi connectivity index (χ1n) is 10.9. The van der Waals surface area contributed by atoms with Crippen LogP contribution in [0.15, 0.2) is 41.4 Å². The molecule has 0 radical (unpaired) electrons. The fraction of sp³-hybridized carbons (Fsp3) is 0.522. The Bertz CT molecular complexity index is 855. The van der Waals surface area contributed by atoms with Crippen LogP contribution in [0.1, 0.15) is 25.0 Å². The number of rotatable bonds is 8. The number of hydrogen-bond acceptors (Lipinski definition) is 4. The number of likely N-dealkylation sites (tertiary alicyclic amines) is 1. The minimum Gasteiger partial charge on any atom is -0.375 e. The van der Waals surface area contributed by atoms with E-state index in [4.69, 9.17) is 4.74 Å². The molecule has 1 aromatic rings. The topological polar surface area (TPSA) is 83.0 Å². The minimum absolute atomic E-state index is 0.0358. The number of allylic oxidation sites excluding steroid dienone is 2. The summed E-state index contributed by atoms with van der Waals surface area (Å²) in [6, 6.07) is 6.16. The number of imide groups is 1. The second kappa shape index (κ2) is 9.18. The van der Waals surface area contributed by atoms with Gasteiger partial charge < -0.3 is 15.4 Å². The van der Waals surface area contributed by atoms with Crippen LogP contribution in [-0.2, 0) is 14.3 Å². The number of carbonyl (C=O) groups excluding carboxylic acids is 2. The average molecular weight is 429 g/mol. The van der Waals surface area contributed by atoms with Crippen LogP contribution >= 0.6 is 0 Å². The summed E-state index contributed by atoms with van der Waals surface area (Å²) in [4.78, 5) is 31.5. The third-order valence-corrected chi connectivity index (χ3v) is 6.48. The van der Waals surface area contributed by atoms with E-state index in [9.17, 15) is 14.0 Å². The second-order valence-electron chi connectivity index (χ2n) is 8.25. The fourth-order valence-electron chi connectivity index (χ4n) is 4.98. The predicted molar refractivity (Wildman–Crippen MR) is 115 cm³/mol. The maximum absolute atomic E-state index is 13.2. The van der Waals surface area contributed by atoms with Gasteiger partial charge in [-0.3, -0.25) is 19.5 Å². The number of nitrogens with zero attached hydrogens (tertiary/aromatic N) is 2. The Kier molecular flexibility index (Phi) is 6.36. The summed E-state index contributed by atoms with van der Waals surface area (Å²) in [6.45, 7) is 3.71. The zero-order valence-electron chi connectivity index (χ0n) is 17.9. The van der Waals surface area contributed by atoms with Crippen LogP contribution in [0.4, 0.5) is 4.39 Å². The van der Waals surface area contributed by atoms with Crippen LogP contribution in [-0.4, -0.2) is 56.0 Å². The van der Waals surface area contributed by atoms with Crippen molar-refractivity contribution < 1.29 is 18.7 Å². The van der Waals surface area contributed by atoms with Crippen molar-refractivity contribution in [2.45, 2.75) is 19.4 Å². The van der Waals surface area contributed by atoms with Gasteiger partial charge in [-0.25, -0.2) is 4.39 Å². The highest BCUT2D eigenvalue weighted by atomic mass is 19.1. The molecule has 1 aromatic carbocycles. The maximum atomic E-state index is 13.2. The lowest BCUT2D eigenvalue weighted by molar-refractivity contribution is -0.140. The van der Waals surface area contributed by atoms with Crippen LogP contribution in [0.25, 0.3) is 0 Å². The lowest BCUT2D eigenvalue weighted by Gasteiger charge is -2.19. The number of amides is 2. The summed E-state index contributed by atoms with van der Waals surface area (Å²) >= 11 is 0. The Morgan fingerprint density at radius 3 is 2.39 bits per heavy atom. The summed E-state index contributed by atoms with van der Waals surface area (Å²) in [5, 5.41) is 6.35. The number of nitrogens with one attached hydrogen (secondary N) is 2. The molecule has 8 heteroatoms. The van der Waals surface area contributed by atoms with Gasteiger partial charge in [0.05, 0.1) is 18.4 Å². The van der Waals surface area contributed by atoms with E-state index >= 15 is 0 Å². The molecule has 1 aliphatic heterocycles. The first-order valence-corrected chi connectivity index (χ1v) is 10.9. The van der Waals surface area contributed by atoms with Gasteiger partial charge in [0, 0.05) is 26.7 Å². The van der Waals surface area contributed by atoms with Crippen molar-refractivity contribution >= 4 is 17.8 Å². The van der Waals surface area contributed by atoms with Gasteiger partial charge in [0.15, 0.2) is 5.96 Å². The van der Waals surface area contributed by atoms with E-state index in [1.54, 1.807) is 19.2 Å².